The molecule has 1 unspecified atom stereocenters. The van der Waals surface area contributed by atoms with Gasteiger partial charge in [0.05, 0.1) is 10.7 Å². The number of hydrogen-bond acceptors (Lipinski definition) is 4. The topological polar surface area (TPSA) is 29.0 Å². The quantitative estimate of drug-likeness (QED) is 0.844. The minimum atomic E-state index is 0.563. The summed E-state index contributed by atoms with van der Waals surface area (Å²) in [5.41, 5.74) is 2.73. The zero-order valence-electron chi connectivity index (χ0n) is 12.9. The van der Waals surface area contributed by atoms with E-state index in [-0.39, 0.29) is 0 Å². The summed E-state index contributed by atoms with van der Waals surface area (Å²) in [5, 5.41) is 1.30. The Morgan fingerprint density at radius 3 is 2.90 bits per heavy atom. The smallest absolute Gasteiger partial charge is 0.0928 e. The molecule has 0 N–H and O–H groups in total. The number of nitrogens with zero attached hydrogens (tertiary/aromatic N) is 3. The molecule has 1 aliphatic rings. The van der Waals surface area contributed by atoms with Gasteiger partial charge in [-0.05, 0) is 56.8 Å². The predicted molar refractivity (Wildman–Crippen MR) is 87.7 cm³/mol. The molecule has 0 spiro atoms. The van der Waals surface area contributed by atoms with Crippen LogP contribution < -0.4 is 0 Å². The molecular formula is C17H23N3S. The lowest BCUT2D eigenvalue weighted by Gasteiger charge is -2.30. The zero-order chi connectivity index (χ0) is 14.7. The maximum Gasteiger partial charge on any atom is 0.0928 e. The number of fused-ring (bicyclic) bond motifs is 1. The molecule has 112 valence electrons. The van der Waals surface area contributed by atoms with Gasteiger partial charge in [0.2, 0.25) is 0 Å². The van der Waals surface area contributed by atoms with E-state index in [0.717, 1.165) is 19.4 Å². The van der Waals surface area contributed by atoms with Crippen molar-refractivity contribution in [3.05, 3.63) is 45.7 Å². The number of aromatic nitrogens is 2. The molecule has 0 amide bonds. The van der Waals surface area contributed by atoms with Crippen LogP contribution in [0.4, 0.5) is 0 Å². The zero-order valence-corrected chi connectivity index (χ0v) is 13.7. The Balaban J connectivity index is 1.68. The van der Waals surface area contributed by atoms with Crippen LogP contribution in [0.2, 0.25) is 0 Å². The van der Waals surface area contributed by atoms with Crippen molar-refractivity contribution in [2.24, 2.45) is 0 Å². The molecule has 2 heterocycles. The number of thiazole rings is 1. The third-order valence-corrected chi connectivity index (χ3v) is 5.65. The molecule has 0 saturated carbocycles. The fourth-order valence-corrected chi connectivity index (χ4v) is 4.28. The van der Waals surface area contributed by atoms with E-state index in [0.29, 0.717) is 6.04 Å². The van der Waals surface area contributed by atoms with Gasteiger partial charge in [-0.15, -0.1) is 11.3 Å². The predicted octanol–water partition coefficient (Wildman–Crippen LogP) is 3.65. The number of likely N-dealkylation sites (N-methyl/N-ethyl adjacent to an activating group) is 1. The maximum atomic E-state index is 4.80. The van der Waals surface area contributed by atoms with Crippen LogP contribution in [-0.2, 0) is 19.3 Å². The summed E-state index contributed by atoms with van der Waals surface area (Å²) < 4.78 is 0. The van der Waals surface area contributed by atoms with Crippen LogP contribution in [0.5, 0.6) is 0 Å². The largest absolute Gasteiger partial charge is 0.298 e. The number of pyridine rings is 1. The van der Waals surface area contributed by atoms with Gasteiger partial charge in [0.15, 0.2) is 0 Å². The van der Waals surface area contributed by atoms with Gasteiger partial charge < -0.3 is 0 Å². The molecule has 0 fully saturated rings. The van der Waals surface area contributed by atoms with Crippen molar-refractivity contribution >= 4 is 11.3 Å². The second-order valence-corrected chi connectivity index (χ2v) is 6.88. The molecular weight excluding hydrogens is 278 g/mol. The van der Waals surface area contributed by atoms with Crippen molar-refractivity contribution in [3.8, 4) is 0 Å². The summed E-state index contributed by atoms with van der Waals surface area (Å²) >= 11 is 1.93. The summed E-state index contributed by atoms with van der Waals surface area (Å²) in [6.07, 6.45) is 9.61. The SMILES string of the molecule is CCc1nc2c(s1)C(N(C)CCc1ccncc1)CCC2. The number of rotatable bonds is 5. The highest BCUT2D eigenvalue weighted by molar-refractivity contribution is 7.11. The first kappa shape index (κ1) is 14.7. The van der Waals surface area contributed by atoms with Crippen LogP contribution in [0.1, 0.15) is 46.9 Å². The van der Waals surface area contributed by atoms with Crippen LogP contribution in [-0.4, -0.2) is 28.5 Å². The Labute approximate surface area is 131 Å². The van der Waals surface area contributed by atoms with E-state index in [1.807, 2.05) is 23.7 Å². The van der Waals surface area contributed by atoms with Gasteiger partial charge in [0.1, 0.15) is 0 Å². The van der Waals surface area contributed by atoms with E-state index in [4.69, 9.17) is 4.98 Å². The Kier molecular flexibility index (Phi) is 4.66. The maximum absolute atomic E-state index is 4.80. The first-order chi connectivity index (χ1) is 10.3. The lowest BCUT2D eigenvalue weighted by molar-refractivity contribution is 0.227. The summed E-state index contributed by atoms with van der Waals surface area (Å²) in [5.74, 6) is 0. The highest BCUT2D eigenvalue weighted by Gasteiger charge is 2.27. The highest BCUT2D eigenvalue weighted by Crippen LogP contribution is 2.37. The molecule has 0 radical (unpaired) electrons. The van der Waals surface area contributed by atoms with Crippen LogP contribution >= 0.6 is 11.3 Å². The molecule has 2 aromatic rings. The molecule has 0 aromatic carbocycles. The molecule has 0 saturated heterocycles. The third-order valence-electron chi connectivity index (χ3n) is 4.30. The Bertz CT molecular complexity index is 579. The Hall–Kier alpha value is -1.26. The second-order valence-electron chi connectivity index (χ2n) is 5.77. The lowest BCUT2D eigenvalue weighted by Crippen LogP contribution is -2.28. The van der Waals surface area contributed by atoms with Gasteiger partial charge in [-0.3, -0.25) is 9.88 Å². The number of aryl methyl sites for hydroxylation is 2. The van der Waals surface area contributed by atoms with E-state index >= 15 is 0 Å². The minimum Gasteiger partial charge on any atom is -0.298 e. The van der Waals surface area contributed by atoms with E-state index < -0.39 is 0 Å². The average molecular weight is 301 g/mol. The number of hydrogen-bond donors (Lipinski definition) is 0. The van der Waals surface area contributed by atoms with E-state index in [1.165, 1.54) is 40.4 Å². The van der Waals surface area contributed by atoms with Crippen molar-refractivity contribution in [3.63, 3.8) is 0 Å². The van der Waals surface area contributed by atoms with Gasteiger partial charge in [-0.2, -0.15) is 0 Å². The summed E-state index contributed by atoms with van der Waals surface area (Å²) in [4.78, 5) is 12.9. The van der Waals surface area contributed by atoms with Crippen molar-refractivity contribution in [1.82, 2.24) is 14.9 Å². The summed E-state index contributed by atoms with van der Waals surface area (Å²) in [6.45, 7) is 3.29. The van der Waals surface area contributed by atoms with Crippen LogP contribution in [0.3, 0.4) is 0 Å². The molecule has 1 aliphatic carbocycles. The first-order valence-electron chi connectivity index (χ1n) is 7.85. The molecule has 3 nitrogen and oxygen atoms in total. The lowest BCUT2D eigenvalue weighted by atomic mass is 9.96. The molecule has 21 heavy (non-hydrogen) atoms. The van der Waals surface area contributed by atoms with Gasteiger partial charge in [0, 0.05) is 29.9 Å². The van der Waals surface area contributed by atoms with Crippen molar-refractivity contribution in [2.45, 2.75) is 45.1 Å². The van der Waals surface area contributed by atoms with Gasteiger partial charge in [0.25, 0.3) is 0 Å². The molecule has 0 bridgehead atoms. The summed E-state index contributed by atoms with van der Waals surface area (Å²) in [6, 6.07) is 4.79. The van der Waals surface area contributed by atoms with E-state index in [1.54, 1.807) is 0 Å². The van der Waals surface area contributed by atoms with Crippen LogP contribution in [0.15, 0.2) is 24.5 Å². The Morgan fingerprint density at radius 2 is 2.14 bits per heavy atom. The van der Waals surface area contributed by atoms with Gasteiger partial charge in [-0.25, -0.2) is 4.98 Å². The Morgan fingerprint density at radius 1 is 1.33 bits per heavy atom. The van der Waals surface area contributed by atoms with Crippen molar-refractivity contribution in [2.75, 3.05) is 13.6 Å². The van der Waals surface area contributed by atoms with Crippen molar-refractivity contribution < 1.29 is 0 Å². The van der Waals surface area contributed by atoms with Crippen molar-refractivity contribution in [1.29, 1.82) is 0 Å². The van der Waals surface area contributed by atoms with E-state index in [9.17, 15) is 0 Å². The van der Waals surface area contributed by atoms with Gasteiger partial charge in [-0.1, -0.05) is 6.92 Å². The molecule has 0 aliphatic heterocycles. The minimum absolute atomic E-state index is 0.563. The monoisotopic (exact) mass is 301 g/mol. The molecule has 1 atom stereocenters. The van der Waals surface area contributed by atoms with E-state index in [2.05, 4.69) is 36.0 Å². The van der Waals surface area contributed by atoms with Crippen LogP contribution in [0.25, 0.3) is 0 Å². The second kappa shape index (κ2) is 6.67. The molecule has 2 aromatic heterocycles. The standard InChI is InChI=1S/C17H23N3S/c1-3-16-19-14-5-4-6-15(17(14)21-16)20(2)12-9-13-7-10-18-11-8-13/h7-8,10-11,15H,3-6,9,12H2,1-2H3. The average Bonchev–Trinajstić information content (AvgIpc) is 2.96. The normalized spacial score (nSPS) is 18.0. The van der Waals surface area contributed by atoms with Gasteiger partial charge >= 0.3 is 0 Å². The molecule has 3 rings (SSSR count). The fraction of sp³-hybridized carbons (Fsp3) is 0.529. The van der Waals surface area contributed by atoms with Crippen LogP contribution in [0, 0.1) is 0 Å². The third kappa shape index (κ3) is 3.33. The first-order valence-corrected chi connectivity index (χ1v) is 8.67. The highest BCUT2D eigenvalue weighted by atomic mass is 32.1. The summed E-state index contributed by atoms with van der Waals surface area (Å²) in [7, 11) is 2.26. The fourth-order valence-electron chi connectivity index (χ4n) is 3.03. The molecule has 4 heteroatoms.